The molecule has 0 saturated heterocycles. The highest BCUT2D eigenvalue weighted by Gasteiger charge is 2.18. The number of amides is 1. The zero-order valence-electron chi connectivity index (χ0n) is 9.13. The Morgan fingerprint density at radius 2 is 2.12 bits per heavy atom. The van der Waals surface area contributed by atoms with E-state index in [-0.39, 0.29) is 17.5 Å². The quantitative estimate of drug-likeness (QED) is 0.815. The average molecular weight is 220 g/mol. The van der Waals surface area contributed by atoms with Gasteiger partial charge >= 0.3 is 0 Å². The molecule has 0 atom stereocenters. The summed E-state index contributed by atoms with van der Waals surface area (Å²) in [5.41, 5.74) is 0.0908. The van der Waals surface area contributed by atoms with Gasteiger partial charge in [0.1, 0.15) is 5.82 Å². The monoisotopic (exact) mass is 220 g/mol. The molecule has 1 saturated carbocycles. The first-order valence-corrected chi connectivity index (χ1v) is 5.74. The summed E-state index contributed by atoms with van der Waals surface area (Å²) in [6.45, 7) is 0. The molecule has 2 rings (SSSR count). The lowest BCUT2D eigenvalue weighted by Gasteiger charge is -2.22. The summed E-state index contributed by atoms with van der Waals surface area (Å²) in [5, 5.41) is 2.88. The van der Waals surface area contributed by atoms with E-state index in [2.05, 4.69) is 11.4 Å². The average Bonchev–Trinajstić information content (AvgIpc) is 2.31. The van der Waals surface area contributed by atoms with Gasteiger partial charge in [0.2, 0.25) is 0 Å². The van der Waals surface area contributed by atoms with Crippen LogP contribution >= 0.6 is 0 Å². The molecule has 1 aliphatic rings. The molecule has 1 amide bonds. The molecule has 1 aromatic rings. The number of carbonyl (C=O) groups excluding carboxylic acids is 1. The van der Waals surface area contributed by atoms with Gasteiger partial charge in [0.15, 0.2) is 0 Å². The number of rotatable bonds is 2. The van der Waals surface area contributed by atoms with Gasteiger partial charge in [-0.25, -0.2) is 4.39 Å². The van der Waals surface area contributed by atoms with Crippen LogP contribution in [-0.2, 0) is 0 Å². The Balaban J connectivity index is 2.00. The molecule has 1 aromatic carbocycles. The van der Waals surface area contributed by atoms with Crippen molar-refractivity contribution in [3.05, 3.63) is 35.6 Å². The van der Waals surface area contributed by atoms with E-state index in [0.717, 1.165) is 25.7 Å². The maximum absolute atomic E-state index is 13.3. The first-order chi connectivity index (χ1) is 7.77. The molecule has 0 bridgehead atoms. The lowest BCUT2D eigenvalue weighted by molar-refractivity contribution is 0.0923. The van der Waals surface area contributed by atoms with Crippen molar-refractivity contribution >= 4 is 5.91 Å². The van der Waals surface area contributed by atoms with Crippen molar-refractivity contribution in [1.29, 1.82) is 0 Å². The van der Waals surface area contributed by atoms with Gasteiger partial charge in [-0.05, 0) is 31.0 Å². The molecule has 1 aliphatic carbocycles. The van der Waals surface area contributed by atoms with Crippen LogP contribution in [0.25, 0.3) is 0 Å². The fraction of sp³-hybridized carbons (Fsp3) is 0.462. The van der Waals surface area contributed by atoms with Crippen molar-refractivity contribution in [3.63, 3.8) is 0 Å². The molecule has 85 valence electrons. The van der Waals surface area contributed by atoms with Gasteiger partial charge in [-0.1, -0.05) is 25.3 Å². The van der Waals surface area contributed by atoms with Crippen LogP contribution in [0.1, 0.15) is 42.5 Å². The third kappa shape index (κ3) is 2.60. The summed E-state index contributed by atoms with van der Waals surface area (Å²) in [6.07, 6.45) is 5.54. The summed E-state index contributed by atoms with van der Waals surface area (Å²) in [5.74, 6) is -0.798. The Morgan fingerprint density at radius 3 is 2.81 bits per heavy atom. The molecular weight excluding hydrogens is 205 g/mol. The summed E-state index contributed by atoms with van der Waals surface area (Å²) < 4.78 is 13.3. The van der Waals surface area contributed by atoms with Gasteiger partial charge in [-0.2, -0.15) is 0 Å². The van der Waals surface area contributed by atoms with E-state index in [1.165, 1.54) is 24.6 Å². The van der Waals surface area contributed by atoms with Crippen molar-refractivity contribution < 1.29 is 9.18 Å². The van der Waals surface area contributed by atoms with Crippen LogP contribution in [0, 0.1) is 11.9 Å². The Hall–Kier alpha value is -1.38. The highest BCUT2D eigenvalue weighted by Crippen LogP contribution is 2.18. The van der Waals surface area contributed by atoms with Gasteiger partial charge in [0.25, 0.3) is 5.91 Å². The summed E-state index contributed by atoms with van der Waals surface area (Å²) in [7, 11) is 0. The molecular formula is C13H15FNO. The molecule has 0 aliphatic heterocycles. The van der Waals surface area contributed by atoms with Crippen molar-refractivity contribution in [2.75, 3.05) is 0 Å². The van der Waals surface area contributed by atoms with E-state index < -0.39 is 5.82 Å². The maximum atomic E-state index is 13.3. The van der Waals surface area contributed by atoms with Crippen LogP contribution in [0.2, 0.25) is 0 Å². The van der Waals surface area contributed by atoms with E-state index in [1.54, 1.807) is 0 Å². The lowest BCUT2D eigenvalue weighted by Crippen LogP contribution is -2.36. The normalized spacial score (nSPS) is 17.1. The minimum absolute atomic E-state index is 0.0908. The lowest BCUT2D eigenvalue weighted by atomic mass is 9.95. The van der Waals surface area contributed by atoms with E-state index in [1.807, 2.05) is 0 Å². The van der Waals surface area contributed by atoms with Gasteiger partial charge in [0, 0.05) is 6.04 Å². The molecule has 0 spiro atoms. The first kappa shape index (κ1) is 11.1. The molecule has 1 N–H and O–H groups in total. The fourth-order valence-electron chi connectivity index (χ4n) is 2.10. The summed E-state index contributed by atoms with van der Waals surface area (Å²) in [6, 6.07) is 7.05. The fourth-order valence-corrected chi connectivity index (χ4v) is 2.10. The van der Waals surface area contributed by atoms with E-state index in [9.17, 15) is 9.18 Å². The molecule has 0 heterocycles. The SMILES string of the molecule is O=C(NC1CCCCC1)c1c[c]ccc1F. The molecule has 3 heteroatoms. The Morgan fingerprint density at radius 1 is 1.38 bits per heavy atom. The topological polar surface area (TPSA) is 29.1 Å². The van der Waals surface area contributed by atoms with Gasteiger partial charge in [-0.3, -0.25) is 4.79 Å². The van der Waals surface area contributed by atoms with Crippen LogP contribution in [0.5, 0.6) is 0 Å². The Kier molecular flexibility index (Phi) is 3.54. The minimum atomic E-state index is -0.480. The maximum Gasteiger partial charge on any atom is 0.254 e. The third-order valence-corrected chi connectivity index (χ3v) is 3.00. The van der Waals surface area contributed by atoms with Gasteiger partial charge in [-0.15, -0.1) is 0 Å². The van der Waals surface area contributed by atoms with Crippen LogP contribution in [0.3, 0.4) is 0 Å². The molecule has 1 fully saturated rings. The predicted molar refractivity (Wildman–Crippen MR) is 59.6 cm³/mol. The zero-order valence-corrected chi connectivity index (χ0v) is 9.13. The largest absolute Gasteiger partial charge is 0.349 e. The van der Waals surface area contributed by atoms with Gasteiger partial charge in [0.05, 0.1) is 5.56 Å². The summed E-state index contributed by atoms with van der Waals surface area (Å²) in [4.78, 5) is 11.8. The Labute approximate surface area is 94.9 Å². The van der Waals surface area contributed by atoms with Gasteiger partial charge < -0.3 is 5.32 Å². The van der Waals surface area contributed by atoms with Crippen molar-refractivity contribution in [2.24, 2.45) is 0 Å². The number of nitrogens with one attached hydrogen (secondary N) is 1. The van der Waals surface area contributed by atoms with Crippen molar-refractivity contribution in [3.8, 4) is 0 Å². The van der Waals surface area contributed by atoms with Crippen LogP contribution in [0.4, 0.5) is 4.39 Å². The minimum Gasteiger partial charge on any atom is -0.349 e. The second-order valence-corrected chi connectivity index (χ2v) is 4.21. The number of benzene rings is 1. The van der Waals surface area contributed by atoms with E-state index >= 15 is 0 Å². The molecule has 16 heavy (non-hydrogen) atoms. The number of halogens is 1. The third-order valence-electron chi connectivity index (χ3n) is 3.00. The Bertz CT molecular complexity index is 372. The van der Waals surface area contributed by atoms with E-state index in [4.69, 9.17) is 0 Å². The smallest absolute Gasteiger partial charge is 0.254 e. The molecule has 0 aromatic heterocycles. The highest BCUT2D eigenvalue weighted by molar-refractivity contribution is 5.94. The second kappa shape index (κ2) is 5.10. The molecule has 1 radical (unpaired) electrons. The van der Waals surface area contributed by atoms with Crippen LogP contribution in [-0.4, -0.2) is 11.9 Å². The number of hydrogen-bond donors (Lipinski definition) is 1. The predicted octanol–water partition coefficient (Wildman–Crippen LogP) is 2.69. The number of hydrogen-bond acceptors (Lipinski definition) is 1. The highest BCUT2D eigenvalue weighted by atomic mass is 19.1. The zero-order chi connectivity index (χ0) is 11.4. The standard InChI is InChI=1S/C13H15FNO/c14-12-9-5-4-8-11(12)13(16)15-10-6-2-1-3-7-10/h5,8-10H,1-3,6-7H2,(H,15,16). The molecule has 0 unspecified atom stereocenters. The first-order valence-electron chi connectivity index (χ1n) is 5.74. The molecule has 2 nitrogen and oxygen atoms in total. The van der Waals surface area contributed by atoms with Crippen LogP contribution < -0.4 is 5.32 Å². The second-order valence-electron chi connectivity index (χ2n) is 4.21. The van der Waals surface area contributed by atoms with E-state index in [0.29, 0.717) is 0 Å². The summed E-state index contributed by atoms with van der Waals surface area (Å²) >= 11 is 0. The van der Waals surface area contributed by atoms with Crippen molar-refractivity contribution in [1.82, 2.24) is 5.32 Å². The number of carbonyl (C=O) groups is 1. The van der Waals surface area contributed by atoms with Crippen LogP contribution in [0.15, 0.2) is 18.2 Å². The van der Waals surface area contributed by atoms with Crippen molar-refractivity contribution in [2.45, 2.75) is 38.1 Å².